The first-order chi connectivity index (χ1) is 6.29. The van der Waals surface area contributed by atoms with Crippen LogP contribution >= 0.6 is 0 Å². The van der Waals surface area contributed by atoms with Gasteiger partial charge < -0.3 is 15.1 Å². The average Bonchev–Trinajstić information content (AvgIpc) is 2.01. The Balaban J connectivity index is 4.01. The lowest BCUT2D eigenvalue weighted by Gasteiger charge is -2.25. The molecule has 0 aromatic carbocycles. The molecule has 0 bridgehead atoms. The molecule has 0 aliphatic carbocycles. The molecular weight excluding hydrogens is 199 g/mol. The first-order valence-electron chi connectivity index (χ1n) is 4.33. The molecule has 0 rings (SSSR count). The fourth-order valence-electron chi connectivity index (χ4n) is 0.958. The van der Waals surface area contributed by atoms with Gasteiger partial charge in [-0.25, -0.2) is 0 Å². The highest BCUT2D eigenvalue weighted by atomic mass is 19.4. The zero-order valence-electron chi connectivity index (χ0n) is 8.25. The number of hydrogen-bond donors (Lipinski definition) is 2. The van der Waals surface area contributed by atoms with E-state index < -0.39 is 18.2 Å². The molecule has 0 amide bonds. The van der Waals surface area contributed by atoms with Crippen molar-refractivity contribution in [3.05, 3.63) is 0 Å². The number of hydrogen-bond acceptors (Lipinski definition) is 3. The highest BCUT2D eigenvalue weighted by Gasteiger charge is 2.40. The van der Waals surface area contributed by atoms with Crippen molar-refractivity contribution in [1.29, 1.82) is 0 Å². The zero-order chi connectivity index (χ0) is 11.4. The third kappa shape index (κ3) is 4.78. The molecule has 0 saturated carbocycles. The van der Waals surface area contributed by atoms with Crippen molar-refractivity contribution < 1.29 is 23.4 Å². The molecule has 0 aliphatic heterocycles. The van der Waals surface area contributed by atoms with Gasteiger partial charge in [0.05, 0.1) is 18.6 Å². The normalized spacial score (nSPS) is 17.1. The molecule has 86 valence electrons. The van der Waals surface area contributed by atoms with Crippen molar-refractivity contribution in [2.45, 2.75) is 19.2 Å². The van der Waals surface area contributed by atoms with Crippen molar-refractivity contribution in [3.63, 3.8) is 0 Å². The van der Waals surface area contributed by atoms with Gasteiger partial charge in [0.15, 0.2) is 0 Å². The molecule has 2 atom stereocenters. The van der Waals surface area contributed by atoms with Gasteiger partial charge in [-0.15, -0.1) is 0 Å². The molecule has 2 N–H and O–H groups in total. The molecule has 14 heavy (non-hydrogen) atoms. The van der Waals surface area contributed by atoms with Crippen molar-refractivity contribution >= 4 is 0 Å². The van der Waals surface area contributed by atoms with Crippen LogP contribution in [-0.2, 0) is 0 Å². The first kappa shape index (κ1) is 13.7. The summed E-state index contributed by atoms with van der Waals surface area (Å²) in [5, 5.41) is 17.7. The standard InChI is InChI=1S/C8H16F3NO2/c1-6(8(9,10)11)7(14)5-12(2)3-4-13/h6-7,13-14H,3-5H2,1-2H3. The Morgan fingerprint density at radius 3 is 2.21 bits per heavy atom. The SMILES string of the molecule is CC(C(O)CN(C)CCO)C(F)(F)F. The smallest absolute Gasteiger partial charge is 0.394 e. The predicted molar refractivity (Wildman–Crippen MR) is 45.8 cm³/mol. The molecule has 0 aromatic heterocycles. The van der Waals surface area contributed by atoms with Gasteiger partial charge >= 0.3 is 6.18 Å². The third-order valence-corrected chi connectivity index (χ3v) is 2.07. The average molecular weight is 215 g/mol. The second-order valence-electron chi connectivity index (χ2n) is 3.38. The summed E-state index contributed by atoms with van der Waals surface area (Å²) >= 11 is 0. The number of rotatable bonds is 5. The monoisotopic (exact) mass is 215 g/mol. The minimum absolute atomic E-state index is 0.0960. The summed E-state index contributed by atoms with van der Waals surface area (Å²) in [5.41, 5.74) is 0. The van der Waals surface area contributed by atoms with Gasteiger partial charge in [0.2, 0.25) is 0 Å². The molecule has 3 nitrogen and oxygen atoms in total. The van der Waals surface area contributed by atoms with E-state index in [1.807, 2.05) is 0 Å². The van der Waals surface area contributed by atoms with Gasteiger partial charge in [0.25, 0.3) is 0 Å². The van der Waals surface area contributed by atoms with Crippen LogP contribution in [0.2, 0.25) is 0 Å². The van der Waals surface area contributed by atoms with E-state index in [-0.39, 0.29) is 19.7 Å². The van der Waals surface area contributed by atoms with Gasteiger partial charge in [0, 0.05) is 13.1 Å². The van der Waals surface area contributed by atoms with E-state index in [4.69, 9.17) is 5.11 Å². The van der Waals surface area contributed by atoms with Crippen LogP contribution in [0.5, 0.6) is 0 Å². The Hall–Kier alpha value is -0.330. The quantitative estimate of drug-likeness (QED) is 0.700. The van der Waals surface area contributed by atoms with E-state index in [1.165, 1.54) is 4.90 Å². The summed E-state index contributed by atoms with van der Waals surface area (Å²) in [7, 11) is 1.54. The summed E-state index contributed by atoms with van der Waals surface area (Å²) in [6, 6.07) is 0. The van der Waals surface area contributed by atoms with Crippen LogP contribution < -0.4 is 0 Å². The summed E-state index contributed by atoms with van der Waals surface area (Å²) < 4.78 is 36.3. The van der Waals surface area contributed by atoms with Crippen molar-refractivity contribution in [2.24, 2.45) is 5.92 Å². The minimum Gasteiger partial charge on any atom is -0.395 e. The van der Waals surface area contributed by atoms with E-state index in [1.54, 1.807) is 7.05 Å². The largest absolute Gasteiger partial charge is 0.395 e. The van der Waals surface area contributed by atoms with Crippen molar-refractivity contribution in [3.8, 4) is 0 Å². The molecule has 2 unspecified atom stereocenters. The molecule has 0 saturated heterocycles. The predicted octanol–water partition coefficient (Wildman–Crippen LogP) is 0.470. The molecule has 0 radical (unpaired) electrons. The van der Waals surface area contributed by atoms with Crippen LogP contribution in [-0.4, -0.2) is 54.1 Å². The van der Waals surface area contributed by atoms with E-state index >= 15 is 0 Å². The number of halogens is 3. The molecular formula is C8H16F3NO2. The second kappa shape index (κ2) is 5.53. The van der Waals surface area contributed by atoms with E-state index in [0.717, 1.165) is 6.92 Å². The van der Waals surface area contributed by atoms with Crippen LogP contribution in [0.3, 0.4) is 0 Å². The second-order valence-corrected chi connectivity index (χ2v) is 3.38. The Labute approximate surface area is 81.1 Å². The summed E-state index contributed by atoms with van der Waals surface area (Å²) in [6.45, 7) is 0.962. The lowest BCUT2D eigenvalue weighted by Crippen LogP contribution is -2.40. The first-order valence-corrected chi connectivity index (χ1v) is 4.33. The van der Waals surface area contributed by atoms with Crippen molar-refractivity contribution in [2.75, 3.05) is 26.7 Å². The molecule has 0 aliphatic rings. The van der Waals surface area contributed by atoms with Gasteiger partial charge in [-0.1, -0.05) is 6.92 Å². The maximum atomic E-state index is 12.1. The zero-order valence-corrected chi connectivity index (χ0v) is 8.25. The van der Waals surface area contributed by atoms with Crippen LogP contribution in [0.15, 0.2) is 0 Å². The fraction of sp³-hybridized carbons (Fsp3) is 1.00. The molecule has 0 fully saturated rings. The molecule has 0 spiro atoms. The Bertz CT molecular complexity index is 163. The maximum Gasteiger partial charge on any atom is 0.394 e. The summed E-state index contributed by atoms with van der Waals surface area (Å²) in [6.07, 6.45) is -5.83. The maximum absolute atomic E-state index is 12.1. The molecule has 0 heterocycles. The number of aliphatic hydroxyl groups is 2. The lowest BCUT2D eigenvalue weighted by molar-refractivity contribution is -0.195. The number of aliphatic hydroxyl groups excluding tert-OH is 2. The van der Waals surface area contributed by atoms with E-state index in [9.17, 15) is 18.3 Å². The number of alkyl halides is 3. The van der Waals surface area contributed by atoms with Gasteiger partial charge in [0.1, 0.15) is 0 Å². The Morgan fingerprint density at radius 2 is 1.86 bits per heavy atom. The lowest BCUT2D eigenvalue weighted by atomic mass is 10.0. The number of nitrogens with zero attached hydrogens (tertiary/aromatic N) is 1. The molecule has 6 heteroatoms. The Morgan fingerprint density at radius 1 is 1.36 bits per heavy atom. The summed E-state index contributed by atoms with van der Waals surface area (Å²) in [5.74, 6) is -1.75. The minimum atomic E-state index is -4.38. The van der Waals surface area contributed by atoms with E-state index in [2.05, 4.69) is 0 Å². The Kier molecular flexibility index (Phi) is 5.40. The van der Waals surface area contributed by atoms with E-state index in [0.29, 0.717) is 0 Å². The topological polar surface area (TPSA) is 43.7 Å². The summed E-state index contributed by atoms with van der Waals surface area (Å²) in [4.78, 5) is 1.45. The van der Waals surface area contributed by atoms with Gasteiger partial charge in [-0.05, 0) is 7.05 Å². The number of likely N-dealkylation sites (N-methyl/N-ethyl adjacent to an activating group) is 1. The van der Waals surface area contributed by atoms with Gasteiger partial charge in [-0.2, -0.15) is 13.2 Å². The van der Waals surface area contributed by atoms with Crippen molar-refractivity contribution in [1.82, 2.24) is 4.90 Å². The highest BCUT2D eigenvalue weighted by molar-refractivity contribution is 4.73. The van der Waals surface area contributed by atoms with Gasteiger partial charge in [-0.3, -0.25) is 0 Å². The van der Waals surface area contributed by atoms with Crippen LogP contribution in [0, 0.1) is 5.92 Å². The fourth-order valence-corrected chi connectivity index (χ4v) is 0.958. The van der Waals surface area contributed by atoms with Crippen LogP contribution in [0.4, 0.5) is 13.2 Å². The molecule has 0 aromatic rings. The third-order valence-electron chi connectivity index (χ3n) is 2.07. The van der Waals surface area contributed by atoms with Crippen LogP contribution in [0.25, 0.3) is 0 Å². The highest BCUT2D eigenvalue weighted by Crippen LogP contribution is 2.28. The van der Waals surface area contributed by atoms with Crippen LogP contribution in [0.1, 0.15) is 6.92 Å².